The van der Waals surface area contributed by atoms with Crippen molar-refractivity contribution in [2.45, 2.75) is 51.9 Å². The van der Waals surface area contributed by atoms with Gasteiger partial charge in [0.05, 0.1) is 19.2 Å². The van der Waals surface area contributed by atoms with Gasteiger partial charge in [-0.15, -0.1) is 0 Å². The number of carboxylic acid groups (broad SMARTS) is 1. The maximum absolute atomic E-state index is 11.5. The maximum atomic E-state index is 11.5. The second-order valence-corrected chi connectivity index (χ2v) is 6.00. The Balaban J connectivity index is 2.11. The molecule has 0 radical (unpaired) electrons. The summed E-state index contributed by atoms with van der Waals surface area (Å²) in [4.78, 5) is 13.1. The summed E-state index contributed by atoms with van der Waals surface area (Å²) in [6.45, 7) is 6.18. The lowest BCUT2D eigenvalue weighted by molar-refractivity contribution is 0.0738. The largest absolute Gasteiger partial charge is 0.481 e. The summed E-state index contributed by atoms with van der Waals surface area (Å²) in [5.74, 6) is 0.708. The molecule has 2 aliphatic heterocycles. The zero-order valence-electron chi connectivity index (χ0n) is 12.6. The van der Waals surface area contributed by atoms with Crippen molar-refractivity contribution in [3.8, 4) is 0 Å². The van der Waals surface area contributed by atoms with Gasteiger partial charge in [-0.25, -0.2) is 4.79 Å². The molecule has 1 N–H and O–H groups in total. The van der Waals surface area contributed by atoms with Crippen LogP contribution in [0.2, 0.25) is 0 Å². The highest BCUT2D eigenvalue weighted by molar-refractivity contribution is 6.47. The van der Waals surface area contributed by atoms with E-state index in [9.17, 15) is 9.90 Å². The normalized spacial score (nSPS) is 28.7. The lowest BCUT2D eigenvalue weighted by Crippen LogP contribution is -2.57. The Labute approximate surface area is 121 Å². The van der Waals surface area contributed by atoms with Gasteiger partial charge in [-0.2, -0.15) is 0 Å². The maximum Gasteiger partial charge on any atom is 0.481 e. The minimum atomic E-state index is -0.846. The molecule has 0 spiro atoms. The first-order chi connectivity index (χ1) is 9.65. The van der Waals surface area contributed by atoms with E-state index in [-0.39, 0.29) is 13.1 Å². The fourth-order valence-electron chi connectivity index (χ4n) is 3.56. The van der Waals surface area contributed by atoms with Gasteiger partial charge in [-0.1, -0.05) is 33.1 Å². The SMILES string of the molecule is CCCCC(C)C1CCCN(C(=O)O)C1B1OCCO1. The van der Waals surface area contributed by atoms with Gasteiger partial charge in [0, 0.05) is 6.54 Å². The molecule has 2 fully saturated rings. The fourth-order valence-corrected chi connectivity index (χ4v) is 3.56. The van der Waals surface area contributed by atoms with Crippen LogP contribution in [-0.2, 0) is 9.31 Å². The Morgan fingerprint density at radius 3 is 2.75 bits per heavy atom. The van der Waals surface area contributed by atoms with Crippen molar-refractivity contribution in [2.75, 3.05) is 19.8 Å². The molecule has 1 amide bonds. The molecule has 0 aliphatic carbocycles. The van der Waals surface area contributed by atoms with Crippen LogP contribution in [0.25, 0.3) is 0 Å². The number of unbranched alkanes of at least 4 members (excludes halogenated alkanes) is 1. The van der Waals surface area contributed by atoms with Crippen LogP contribution in [0.4, 0.5) is 4.79 Å². The number of hydrogen-bond donors (Lipinski definition) is 1. The lowest BCUT2D eigenvalue weighted by Gasteiger charge is -2.42. The van der Waals surface area contributed by atoms with Gasteiger partial charge in [0.15, 0.2) is 0 Å². The van der Waals surface area contributed by atoms with Crippen molar-refractivity contribution in [1.29, 1.82) is 0 Å². The van der Waals surface area contributed by atoms with Crippen LogP contribution in [0, 0.1) is 11.8 Å². The van der Waals surface area contributed by atoms with Crippen LogP contribution < -0.4 is 0 Å². The number of likely N-dealkylation sites (tertiary alicyclic amines) is 1. The summed E-state index contributed by atoms with van der Waals surface area (Å²) in [6, 6.07) is 0. The lowest BCUT2D eigenvalue weighted by atomic mass is 9.63. The Kier molecular flexibility index (Phi) is 5.72. The van der Waals surface area contributed by atoms with E-state index >= 15 is 0 Å². The number of hydrogen-bond acceptors (Lipinski definition) is 3. The van der Waals surface area contributed by atoms with Gasteiger partial charge in [0.25, 0.3) is 0 Å². The quantitative estimate of drug-likeness (QED) is 0.788. The van der Waals surface area contributed by atoms with Gasteiger partial charge in [0.2, 0.25) is 0 Å². The van der Waals surface area contributed by atoms with Crippen molar-refractivity contribution in [1.82, 2.24) is 4.90 Å². The molecule has 3 atom stereocenters. The molecule has 114 valence electrons. The third-order valence-electron chi connectivity index (χ3n) is 4.65. The van der Waals surface area contributed by atoms with E-state index in [0.29, 0.717) is 31.6 Å². The van der Waals surface area contributed by atoms with E-state index < -0.39 is 6.09 Å². The molecule has 0 aromatic heterocycles. The number of carbonyl (C=O) groups is 1. The van der Waals surface area contributed by atoms with Gasteiger partial charge in [0.1, 0.15) is 0 Å². The molecule has 2 aliphatic rings. The molecule has 20 heavy (non-hydrogen) atoms. The second-order valence-electron chi connectivity index (χ2n) is 6.00. The average molecular weight is 283 g/mol. The molecule has 0 bridgehead atoms. The highest BCUT2D eigenvalue weighted by atomic mass is 16.6. The second kappa shape index (κ2) is 7.32. The van der Waals surface area contributed by atoms with E-state index in [0.717, 1.165) is 19.3 Å². The van der Waals surface area contributed by atoms with Crippen molar-refractivity contribution in [3.63, 3.8) is 0 Å². The molecule has 3 unspecified atom stereocenters. The molecule has 0 aromatic carbocycles. The summed E-state index contributed by atoms with van der Waals surface area (Å²) in [7, 11) is -0.375. The smallest absolute Gasteiger partial charge is 0.465 e. The van der Waals surface area contributed by atoms with E-state index in [1.54, 1.807) is 4.90 Å². The Bertz CT molecular complexity index is 322. The molecule has 2 heterocycles. The third-order valence-corrected chi connectivity index (χ3v) is 4.65. The van der Waals surface area contributed by atoms with E-state index in [1.807, 2.05) is 0 Å². The van der Waals surface area contributed by atoms with E-state index in [2.05, 4.69) is 13.8 Å². The van der Waals surface area contributed by atoms with E-state index in [4.69, 9.17) is 9.31 Å². The van der Waals surface area contributed by atoms with E-state index in [1.165, 1.54) is 12.8 Å². The van der Waals surface area contributed by atoms with Gasteiger partial charge >= 0.3 is 13.2 Å². The van der Waals surface area contributed by atoms with Crippen molar-refractivity contribution < 1.29 is 19.2 Å². The van der Waals surface area contributed by atoms with Crippen molar-refractivity contribution in [3.05, 3.63) is 0 Å². The van der Waals surface area contributed by atoms with Crippen molar-refractivity contribution >= 4 is 13.2 Å². The first kappa shape index (κ1) is 15.6. The van der Waals surface area contributed by atoms with Crippen LogP contribution in [0.5, 0.6) is 0 Å². The number of rotatable bonds is 5. The summed E-state index contributed by atoms with van der Waals surface area (Å²) in [5, 5.41) is 9.46. The third kappa shape index (κ3) is 3.47. The van der Waals surface area contributed by atoms with Gasteiger partial charge in [-0.3, -0.25) is 0 Å². The van der Waals surface area contributed by atoms with Crippen LogP contribution in [-0.4, -0.2) is 48.9 Å². The Morgan fingerprint density at radius 2 is 2.15 bits per heavy atom. The van der Waals surface area contributed by atoms with Gasteiger partial charge < -0.3 is 19.3 Å². The monoisotopic (exact) mass is 283 g/mol. The van der Waals surface area contributed by atoms with Crippen molar-refractivity contribution in [2.24, 2.45) is 11.8 Å². The highest BCUT2D eigenvalue weighted by Crippen LogP contribution is 2.35. The topological polar surface area (TPSA) is 59.0 Å². The summed E-state index contributed by atoms with van der Waals surface area (Å²) >= 11 is 0. The van der Waals surface area contributed by atoms with Crippen LogP contribution in [0.1, 0.15) is 46.0 Å². The standard InChI is InChI=1S/C14H26BNO4/c1-3-4-6-11(2)12-7-5-8-16(14(17)18)13(12)15-19-9-10-20-15/h11-13H,3-10H2,1-2H3,(H,17,18). The zero-order chi connectivity index (χ0) is 14.5. The summed E-state index contributed by atoms with van der Waals surface area (Å²) in [5.41, 5.74) is 0. The Hall–Kier alpha value is -0.745. The van der Waals surface area contributed by atoms with Crippen LogP contribution >= 0.6 is 0 Å². The molecule has 2 saturated heterocycles. The summed E-state index contributed by atoms with van der Waals surface area (Å²) in [6.07, 6.45) is 4.70. The van der Waals surface area contributed by atoms with Crippen LogP contribution in [0.3, 0.4) is 0 Å². The molecule has 0 aromatic rings. The molecular weight excluding hydrogens is 257 g/mol. The molecular formula is C14H26BNO4. The fraction of sp³-hybridized carbons (Fsp3) is 0.929. The molecule has 5 nitrogen and oxygen atoms in total. The predicted octanol–water partition coefficient (Wildman–Crippen LogP) is 2.65. The number of nitrogens with zero attached hydrogens (tertiary/aromatic N) is 1. The average Bonchev–Trinajstić information content (AvgIpc) is 2.97. The number of amides is 1. The minimum Gasteiger partial charge on any atom is -0.465 e. The van der Waals surface area contributed by atoms with Gasteiger partial charge in [-0.05, 0) is 24.7 Å². The Morgan fingerprint density at radius 1 is 1.45 bits per heavy atom. The first-order valence-electron chi connectivity index (χ1n) is 7.88. The highest BCUT2D eigenvalue weighted by Gasteiger charge is 2.47. The molecule has 0 saturated carbocycles. The molecule has 6 heteroatoms. The number of piperidine rings is 1. The zero-order valence-corrected chi connectivity index (χ0v) is 12.6. The molecule has 2 rings (SSSR count). The minimum absolute atomic E-state index is 0.143. The predicted molar refractivity (Wildman–Crippen MR) is 77.6 cm³/mol. The summed E-state index contributed by atoms with van der Waals surface area (Å²) < 4.78 is 11.3. The van der Waals surface area contributed by atoms with Crippen LogP contribution in [0.15, 0.2) is 0 Å². The first-order valence-corrected chi connectivity index (χ1v) is 7.88.